The van der Waals surface area contributed by atoms with Crippen LogP contribution in [0.5, 0.6) is 0 Å². The van der Waals surface area contributed by atoms with Crippen LogP contribution in [-0.2, 0) is 9.84 Å². The minimum absolute atomic E-state index is 0.217. The van der Waals surface area contributed by atoms with E-state index in [9.17, 15) is 8.42 Å². The molecule has 0 saturated carbocycles. The Morgan fingerprint density at radius 1 is 1.32 bits per heavy atom. The van der Waals surface area contributed by atoms with Gasteiger partial charge in [0.1, 0.15) is 9.84 Å². The van der Waals surface area contributed by atoms with Gasteiger partial charge in [-0.3, -0.25) is 0 Å². The zero-order chi connectivity index (χ0) is 14.3. The topological polar surface area (TPSA) is 46.2 Å². The molecule has 19 heavy (non-hydrogen) atoms. The molecule has 1 rings (SSSR count). The molecule has 0 heterocycles. The number of halogens is 1. The molecule has 0 spiro atoms. The van der Waals surface area contributed by atoms with Crippen LogP contribution in [0.25, 0.3) is 0 Å². The second kappa shape index (κ2) is 8.02. The number of hydrogen-bond donors (Lipinski definition) is 1. The van der Waals surface area contributed by atoms with Crippen LogP contribution in [0.1, 0.15) is 38.3 Å². The number of hydrogen-bond acceptors (Lipinski definition) is 3. The highest BCUT2D eigenvalue weighted by Crippen LogP contribution is 2.22. The molecule has 3 nitrogen and oxygen atoms in total. The minimum Gasteiger partial charge on any atom is -0.310 e. The van der Waals surface area contributed by atoms with Crippen LogP contribution in [0.3, 0.4) is 0 Å². The van der Waals surface area contributed by atoms with E-state index in [-0.39, 0.29) is 17.5 Å². The summed E-state index contributed by atoms with van der Waals surface area (Å²) in [6, 6.07) is 8.38. The van der Waals surface area contributed by atoms with Crippen molar-refractivity contribution < 1.29 is 8.42 Å². The molecule has 1 unspecified atom stereocenters. The molecule has 1 atom stereocenters. The van der Waals surface area contributed by atoms with Gasteiger partial charge in [-0.25, -0.2) is 8.42 Å². The van der Waals surface area contributed by atoms with Crippen LogP contribution in [0.4, 0.5) is 0 Å². The van der Waals surface area contributed by atoms with Gasteiger partial charge in [0.25, 0.3) is 0 Å². The van der Waals surface area contributed by atoms with Crippen molar-refractivity contribution in [3.05, 3.63) is 34.3 Å². The lowest BCUT2D eigenvalue weighted by Gasteiger charge is -2.18. The molecular weight excluding hydrogens is 326 g/mol. The molecule has 0 fully saturated rings. The van der Waals surface area contributed by atoms with Crippen molar-refractivity contribution in [2.24, 2.45) is 0 Å². The summed E-state index contributed by atoms with van der Waals surface area (Å²) in [5.41, 5.74) is 1.20. The van der Waals surface area contributed by atoms with E-state index >= 15 is 0 Å². The standard InChI is InChI=1S/C14H22BrNO2S/c1-3-16-14(9-6-10-19(17,18)4-2)12-7-5-8-13(15)11-12/h5,7-8,11,14,16H,3-4,6,9-10H2,1-2H3. The average Bonchev–Trinajstić information content (AvgIpc) is 2.37. The Morgan fingerprint density at radius 3 is 2.63 bits per heavy atom. The van der Waals surface area contributed by atoms with Crippen molar-refractivity contribution in [1.29, 1.82) is 0 Å². The summed E-state index contributed by atoms with van der Waals surface area (Å²) in [5, 5.41) is 3.41. The molecule has 1 N–H and O–H groups in total. The monoisotopic (exact) mass is 347 g/mol. The fourth-order valence-electron chi connectivity index (χ4n) is 2.01. The predicted molar refractivity (Wildman–Crippen MR) is 84.1 cm³/mol. The van der Waals surface area contributed by atoms with Gasteiger partial charge in [0.2, 0.25) is 0 Å². The highest BCUT2D eigenvalue weighted by atomic mass is 79.9. The molecule has 1 aromatic carbocycles. The largest absolute Gasteiger partial charge is 0.310 e. The molecule has 5 heteroatoms. The summed E-state index contributed by atoms with van der Waals surface area (Å²) < 4.78 is 24.1. The van der Waals surface area contributed by atoms with Crippen LogP contribution in [0, 0.1) is 0 Å². The second-order valence-corrected chi connectivity index (χ2v) is 7.93. The van der Waals surface area contributed by atoms with Crippen LogP contribution >= 0.6 is 15.9 Å². The smallest absolute Gasteiger partial charge is 0.150 e. The first kappa shape index (κ1) is 16.7. The van der Waals surface area contributed by atoms with E-state index in [2.05, 4.69) is 40.3 Å². The quantitative estimate of drug-likeness (QED) is 0.784. The fraction of sp³-hybridized carbons (Fsp3) is 0.571. The highest BCUT2D eigenvalue weighted by molar-refractivity contribution is 9.10. The molecule has 0 aliphatic carbocycles. The summed E-state index contributed by atoms with van der Waals surface area (Å²) in [5.74, 6) is 0.509. The SMILES string of the molecule is CCNC(CCCS(=O)(=O)CC)c1cccc(Br)c1. The van der Waals surface area contributed by atoms with Crippen molar-refractivity contribution in [3.63, 3.8) is 0 Å². The number of rotatable bonds is 8. The van der Waals surface area contributed by atoms with Gasteiger partial charge < -0.3 is 5.32 Å². The Bertz CT molecular complexity index is 488. The fourth-order valence-corrected chi connectivity index (χ4v) is 3.32. The molecule has 0 saturated heterocycles. The van der Waals surface area contributed by atoms with Gasteiger partial charge >= 0.3 is 0 Å². The molecule has 1 aromatic rings. The number of nitrogens with one attached hydrogen (secondary N) is 1. The van der Waals surface area contributed by atoms with Gasteiger partial charge in [-0.15, -0.1) is 0 Å². The van der Waals surface area contributed by atoms with E-state index in [0.29, 0.717) is 6.42 Å². The van der Waals surface area contributed by atoms with Crippen molar-refractivity contribution in [1.82, 2.24) is 5.32 Å². The van der Waals surface area contributed by atoms with Crippen molar-refractivity contribution in [2.75, 3.05) is 18.1 Å². The van der Waals surface area contributed by atoms with Gasteiger partial charge in [0.15, 0.2) is 0 Å². The van der Waals surface area contributed by atoms with E-state index in [1.165, 1.54) is 5.56 Å². The Balaban J connectivity index is 2.63. The number of benzene rings is 1. The average molecular weight is 348 g/mol. The molecule has 0 radical (unpaired) electrons. The first-order chi connectivity index (χ1) is 8.98. The van der Waals surface area contributed by atoms with E-state index < -0.39 is 9.84 Å². The van der Waals surface area contributed by atoms with Crippen LogP contribution < -0.4 is 5.32 Å². The molecule has 108 valence electrons. The van der Waals surface area contributed by atoms with E-state index in [1.54, 1.807) is 6.92 Å². The molecule has 0 bridgehead atoms. The predicted octanol–water partition coefficient (Wildman–Crippen LogP) is 3.31. The zero-order valence-corrected chi connectivity index (χ0v) is 13.9. The molecular formula is C14H22BrNO2S. The van der Waals surface area contributed by atoms with E-state index in [0.717, 1.165) is 17.4 Å². The molecule has 0 amide bonds. The highest BCUT2D eigenvalue weighted by Gasteiger charge is 2.13. The summed E-state index contributed by atoms with van der Waals surface area (Å²) in [7, 11) is -2.86. The van der Waals surface area contributed by atoms with Gasteiger partial charge in [-0.2, -0.15) is 0 Å². The number of sulfone groups is 1. The Hall–Kier alpha value is -0.390. The lowest BCUT2D eigenvalue weighted by atomic mass is 10.0. The Labute approximate surface area is 124 Å². The Kier molecular flexibility index (Phi) is 7.04. The van der Waals surface area contributed by atoms with Crippen molar-refractivity contribution in [2.45, 2.75) is 32.7 Å². The summed E-state index contributed by atoms with van der Waals surface area (Å²) in [6.45, 7) is 4.64. The normalized spacial score (nSPS) is 13.4. The third kappa shape index (κ3) is 6.06. The summed E-state index contributed by atoms with van der Waals surface area (Å²) in [6.07, 6.45) is 1.53. The van der Waals surface area contributed by atoms with Crippen LogP contribution in [-0.4, -0.2) is 26.5 Å². The molecule has 0 aliphatic heterocycles. The van der Waals surface area contributed by atoms with Crippen molar-refractivity contribution >= 4 is 25.8 Å². The molecule has 0 aromatic heterocycles. The third-order valence-corrected chi connectivity index (χ3v) is 5.37. The maximum Gasteiger partial charge on any atom is 0.150 e. The lowest BCUT2D eigenvalue weighted by molar-refractivity contribution is 0.506. The van der Waals surface area contributed by atoms with E-state index in [1.807, 2.05) is 12.1 Å². The van der Waals surface area contributed by atoms with Gasteiger partial charge in [-0.1, -0.05) is 41.9 Å². The van der Waals surface area contributed by atoms with Crippen LogP contribution in [0.2, 0.25) is 0 Å². The molecule has 0 aliphatic rings. The van der Waals surface area contributed by atoms with Gasteiger partial charge in [0, 0.05) is 16.3 Å². The van der Waals surface area contributed by atoms with Gasteiger partial charge in [0.05, 0.1) is 5.75 Å². The maximum atomic E-state index is 11.5. The maximum absolute atomic E-state index is 11.5. The first-order valence-electron chi connectivity index (χ1n) is 6.67. The summed E-state index contributed by atoms with van der Waals surface area (Å²) in [4.78, 5) is 0. The summed E-state index contributed by atoms with van der Waals surface area (Å²) >= 11 is 3.47. The van der Waals surface area contributed by atoms with Crippen molar-refractivity contribution in [3.8, 4) is 0 Å². The van der Waals surface area contributed by atoms with Crippen LogP contribution in [0.15, 0.2) is 28.7 Å². The minimum atomic E-state index is -2.86. The first-order valence-corrected chi connectivity index (χ1v) is 9.29. The van der Waals surface area contributed by atoms with Gasteiger partial charge in [-0.05, 0) is 37.1 Å². The zero-order valence-electron chi connectivity index (χ0n) is 11.5. The van der Waals surface area contributed by atoms with E-state index in [4.69, 9.17) is 0 Å². The lowest BCUT2D eigenvalue weighted by Crippen LogP contribution is -2.22. The third-order valence-electron chi connectivity index (χ3n) is 3.09. The Morgan fingerprint density at radius 2 is 2.05 bits per heavy atom. The second-order valence-electron chi connectivity index (χ2n) is 4.54.